The topological polar surface area (TPSA) is 72.5 Å². The molecule has 0 fully saturated rings. The van der Waals surface area contributed by atoms with Crippen LogP contribution in [-0.4, -0.2) is 24.8 Å². The quantitative estimate of drug-likeness (QED) is 0.752. The van der Waals surface area contributed by atoms with E-state index in [0.717, 1.165) is 16.7 Å². The van der Waals surface area contributed by atoms with Gasteiger partial charge in [-0.05, 0) is 36.6 Å². The average molecular weight is 223 g/mol. The van der Waals surface area contributed by atoms with Gasteiger partial charge in [0.2, 0.25) is 0 Å². The second-order valence-corrected chi connectivity index (χ2v) is 3.79. The maximum Gasteiger partial charge on any atom is 0.338 e. The van der Waals surface area contributed by atoms with E-state index in [-0.39, 0.29) is 12.6 Å². The van der Waals surface area contributed by atoms with Crippen molar-refractivity contribution in [2.45, 2.75) is 19.9 Å². The summed E-state index contributed by atoms with van der Waals surface area (Å²) in [6.07, 6.45) is 0. The van der Waals surface area contributed by atoms with Gasteiger partial charge in [0.05, 0.1) is 25.3 Å². The Balaban J connectivity index is 3.27. The molecule has 16 heavy (non-hydrogen) atoms. The molecule has 0 aromatic heterocycles. The third-order valence-electron chi connectivity index (χ3n) is 2.72. The molecule has 3 N–H and O–H groups in total. The Morgan fingerprint density at radius 3 is 2.62 bits per heavy atom. The summed E-state index contributed by atoms with van der Waals surface area (Å²) in [4.78, 5) is 11.5. The summed E-state index contributed by atoms with van der Waals surface area (Å²) < 4.78 is 4.70. The van der Waals surface area contributed by atoms with Crippen molar-refractivity contribution in [1.82, 2.24) is 0 Å². The van der Waals surface area contributed by atoms with Crippen molar-refractivity contribution in [3.63, 3.8) is 0 Å². The number of ether oxygens (including phenoxy) is 1. The number of rotatable bonds is 3. The van der Waals surface area contributed by atoms with Crippen molar-refractivity contribution in [2.24, 2.45) is 5.73 Å². The van der Waals surface area contributed by atoms with Gasteiger partial charge in [-0.3, -0.25) is 0 Å². The monoisotopic (exact) mass is 223 g/mol. The van der Waals surface area contributed by atoms with Crippen LogP contribution in [0.5, 0.6) is 0 Å². The van der Waals surface area contributed by atoms with Crippen molar-refractivity contribution < 1.29 is 14.6 Å². The SMILES string of the molecule is COC(=O)c1cc(C(N)CO)cc(C)c1C. The number of aliphatic hydroxyl groups is 1. The number of hydrogen-bond donors (Lipinski definition) is 2. The molecule has 88 valence electrons. The number of benzene rings is 1. The molecule has 0 saturated heterocycles. The molecule has 1 unspecified atom stereocenters. The molecule has 0 spiro atoms. The van der Waals surface area contributed by atoms with Crippen LogP contribution in [0.25, 0.3) is 0 Å². The summed E-state index contributed by atoms with van der Waals surface area (Å²) in [6.45, 7) is 3.61. The zero-order valence-corrected chi connectivity index (χ0v) is 9.78. The Kier molecular flexibility index (Phi) is 4.04. The summed E-state index contributed by atoms with van der Waals surface area (Å²) in [5.74, 6) is -0.382. The third-order valence-corrected chi connectivity index (χ3v) is 2.72. The van der Waals surface area contributed by atoms with E-state index in [1.54, 1.807) is 6.07 Å². The predicted molar refractivity (Wildman–Crippen MR) is 61.3 cm³/mol. The highest BCUT2D eigenvalue weighted by molar-refractivity contribution is 5.91. The van der Waals surface area contributed by atoms with E-state index in [0.29, 0.717) is 5.56 Å². The maximum atomic E-state index is 11.5. The number of carbonyl (C=O) groups excluding carboxylic acids is 1. The van der Waals surface area contributed by atoms with E-state index in [4.69, 9.17) is 15.6 Å². The summed E-state index contributed by atoms with van der Waals surface area (Å²) >= 11 is 0. The lowest BCUT2D eigenvalue weighted by Gasteiger charge is -2.14. The number of esters is 1. The van der Waals surface area contributed by atoms with E-state index in [1.807, 2.05) is 19.9 Å². The van der Waals surface area contributed by atoms with Crippen LogP contribution in [0.3, 0.4) is 0 Å². The van der Waals surface area contributed by atoms with Gasteiger partial charge in [-0.15, -0.1) is 0 Å². The van der Waals surface area contributed by atoms with Gasteiger partial charge in [-0.2, -0.15) is 0 Å². The van der Waals surface area contributed by atoms with Crippen LogP contribution in [0.4, 0.5) is 0 Å². The number of methoxy groups -OCH3 is 1. The highest BCUT2D eigenvalue weighted by Crippen LogP contribution is 2.20. The van der Waals surface area contributed by atoms with Gasteiger partial charge in [-0.25, -0.2) is 4.79 Å². The van der Waals surface area contributed by atoms with Gasteiger partial charge in [-0.1, -0.05) is 6.07 Å². The van der Waals surface area contributed by atoms with Crippen LogP contribution in [0.2, 0.25) is 0 Å². The largest absolute Gasteiger partial charge is 0.465 e. The van der Waals surface area contributed by atoms with Gasteiger partial charge in [0.25, 0.3) is 0 Å². The van der Waals surface area contributed by atoms with Gasteiger partial charge in [0.1, 0.15) is 0 Å². The molecule has 0 aliphatic rings. The number of hydrogen-bond acceptors (Lipinski definition) is 4. The Morgan fingerprint density at radius 2 is 2.12 bits per heavy atom. The van der Waals surface area contributed by atoms with Crippen molar-refractivity contribution in [3.05, 3.63) is 34.4 Å². The summed E-state index contributed by atoms with van der Waals surface area (Å²) in [6, 6.07) is 3.08. The molecule has 4 nitrogen and oxygen atoms in total. The summed E-state index contributed by atoms with van der Waals surface area (Å²) in [5.41, 5.74) is 8.80. The van der Waals surface area contributed by atoms with E-state index in [2.05, 4.69) is 0 Å². The Hall–Kier alpha value is -1.39. The first-order valence-electron chi connectivity index (χ1n) is 5.07. The number of carbonyl (C=O) groups is 1. The van der Waals surface area contributed by atoms with Crippen LogP contribution >= 0.6 is 0 Å². The lowest BCUT2D eigenvalue weighted by Crippen LogP contribution is -2.16. The average Bonchev–Trinajstić information content (AvgIpc) is 2.30. The number of aliphatic hydroxyl groups excluding tert-OH is 1. The minimum absolute atomic E-state index is 0.150. The Morgan fingerprint density at radius 1 is 1.50 bits per heavy atom. The van der Waals surface area contributed by atoms with Crippen LogP contribution in [0.15, 0.2) is 12.1 Å². The molecule has 1 rings (SSSR count). The minimum Gasteiger partial charge on any atom is -0.465 e. The second kappa shape index (κ2) is 5.09. The molecule has 0 saturated carbocycles. The van der Waals surface area contributed by atoms with Crippen molar-refractivity contribution in [1.29, 1.82) is 0 Å². The predicted octanol–water partition coefficient (Wildman–Crippen LogP) is 1.08. The Bertz CT molecular complexity index is 401. The first-order valence-corrected chi connectivity index (χ1v) is 5.07. The lowest BCUT2D eigenvalue weighted by molar-refractivity contribution is 0.0599. The van der Waals surface area contributed by atoms with Gasteiger partial charge < -0.3 is 15.6 Å². The first kappa shape index (κ1) is 12.7. The number of nitrogens with two attached hydrogens (primary N) is 1. The smallest absolute Gasteiger partial charge is 0.338 e. The van der Waals surface area contributed by atoms with Gasteiger partial charge in [0, 0.05) is 0 Å². The fourth-order valence-electron chi connectivity index (χ4n) is 1.53. The van der Waals surface area contributed by atoms with Crippen LogP contribution in [0.1, 0.15) is 33.1 Å². The molecule has 0 bridgehead atoms. The molecule has 1 aromatic carbocycles. The summed E-state index contributed by atoms with van der Waals surface area (Å²) in [7, 11) is 1.34. The standard InChI is InChI=1S/C12H17NO3/c1-7-4-9(11(13)6-14)5-10(8(7)2)12(15)16-3/h4-5,11,14H,6,13H2,1-3H3. The lowest BCUT2D eigenvalue weighted by atomic mass is 9.96. The van der Waals surface area contributed by atoms with Gasteiger partial charge in [0.15, 0.2) is 0 Å². The normalized spacial score (nSPS) is 12.3. The highest BCUT2D eigenvalue weighted by atomic mass is 16.5. The molecule has 0 heterocycles. The molecule has 1 atom stereocenters. The first-order chi connectivity index (χ1) is 7.51. The zero-order valence-electron chi connectivity index (χ0n) is 9.78. The molecule has 0 amide bonds. The third kappa shape index (κ3) is 2.40. The highest BCUT2D eigenvalue weighted by Gasteiger charge is 2.15. The minimum atomic E-state index is -0.470. The van der Waals surface area contributed by atoms with Gasteiger partial charge >= 0.3 is 5.97 Å². The fraction of sp³-hybridized carbons (Fsp3) is 0.417. The fourth-order valence-corrected chi connectivity index (χ4v) is 1.53. The van der Waals surface area contributed by atoms with Crippen molar-refractivity contribution >= 4 is 5.97 Å². The summed E-state index contributed by atoms with van der Waals surface area (Å²) in [5, 5.41) is 8.99. The molecule has 0 aliphatic heterocycles. The number of aryl methyl sites for hydroxylation is 1. The molecule has 4 heteroatoms. The molecular weight excluding hydrogens is 206 g/mol. The molecule has 1 aromatic rings. The zero-order chi connectivity index (χ0) is 12.3. The molecular formula is C12H17NO3. The van der Waals surface area contributed by atoms with Crippen LogP contribution < -0.4 is 5.73 Å². The maximum absolute atomic E-state index is 11.5. The van der Waals surface area contributed by atoms with E-state index < -0.39 is 6.04 Å². The van der Waals surface area contributed by atoms with Crippen molar-refractivity contribution in [2.75, 3.05) is 13.7 Å². The van der Waals surface area contributed by atoms with Crippen molar-refractivity contribution in [3.8, 4) is 0 Å². The van der Waals surface area contributed by atoms with Crippen LogP contribution in [-0.2, 0) is 4.74 Å². The second-order valence-electron chi connectivity index (χ2n) is 3.79. The molecule has 0 aliphatic carbocycles. The van der Waals surface area contributed by atoms with E-state index in [9.17, 15) is 4.79 Å². The van der Waals surface area contributed by atoms with E-state index in [1.165, 1.54) is 7.11 Å². The Labute approximate surface area is 95.0 Å². The molecule has 0 radical (unpaired) electrons. The van der Waals surface area contributed by atoms with E-state index >= 15 is 0 Å². The van der Waals surface area contributed by atoms with Crippen LogP contribution in [0, 0.1) is 13.8 Å².